The van der Waals surface area contributed by atoms with E-state index in [1.165, 1.54) is 32.1 Å². The third-order valence-corrected chi connectivity index (χ3v) is 4.27. The molecule has 1 aliphatic carbocycles. The van der Waals surface area contributed by atoms with Gasteiger partial charge in [0.15, 0.2) is 0 Å². The van der Waals surface area contributed by atoms with Gasteiger partial charge in [-0.25, -0.2) is 0 Å². The zero-order valence-electron chi connectivity index (χ0n) is 14.2. The fourth-order valence-corrected chi connectivity index (χ4v) is 2.98. The molecule has 1 fully saturated rings. The summed E-state index contributed by atoms with van der Waals surface area (Å²) >= 11 is 0. The maximum atomic E-state index is 12.2. The normalized spacial score (nSPS) is 15.6. The lowest BCUT2D eigenvalue weighted by molar-refractivity contribution is -0.117. The first-order valence-corrected chi connectivity index (χ1v) is 8.41. The van der Waals surface area contributed by atoms with Gasteiger partial charge in [-0.1, -0.05) is 25.3 Å². The largest absolute Gasteiger partial charge is 0.491 e. The topological polar surface area (TPSA) is 50.8 Å². The summed E-state index contributed by atoms with van der Waals surface area (Å²) < 4.78 is 10.5. The van der Waals surface area contributed by atoms with Gasteiger partial charge in [-0.05, 0) is 32.0 Å². The first-order valence-electron chi connectivity index (χ1n) is 8.41. The van der Waals surface area contributed by atoms with Gasteiger partial charge in [0.05, 0.1) is 13.2 Å². The lowest BCUT2D eigenvalue weighted by Crippen LogP contribution is -2.39. The van der Waals surface area contributed by atoms with Crippen LogP contribution < -0.4 is 10.1 Å². The average Bonchev–Trinajstić information content (AvgIpc) is 2.56. The number of carbonyl (C=O) groups excluding carboxylic acids is 1. The van der Waals surface area contributed by atoms with E-state index < -0.39 is 0 Å². The van der Waals surface area contributed by atoms with Gasteiger partial charge in [-0.2, -0.15) is 0 Å². The summed E-state index contributed by atoms with van der Waals surface area (Å²) in [4.78, 5) is 14.4. The van der Waals surface area contributed by atoms with Crippen LogP contribution in [0.3, 0.4) is 0 Å². The number of methoxy groups -OCH3 is 1. The smallest absolute Gasteiger partial charge is 0.238 e. The highest BCUT2D eigenvalue weighted by molar-refractivity contribution is 5.92. The fraction of sp³-hybridized carbons (Fsp3) is 0.611. The van der Waals surface area contributed by atoms with Crippen LogP contribution in [0.4, 0.5) is 5.69 Å². The summed E-state index contributed by atoms with van der Waals surface area (Å²) in [6, 6.07) is 8.01. The van der Waals surface area contributed by atoms with E-state index in [1.54, 1.807) is 7.11 Å². The minimum absolute atomic E-state index is 0.0205. The van der Waals surface area contributed by atoms with Crippen LogP contribution in [0.15, 0.2) is 24.3 Å². The predicted molar refractivity (Wildman–Crippen MR) is 91.9 cm³/mol. The van der Waals surface area contributed by atoms with Crippen molar-refractivity contribution in [2.75, 3.05) is 39.2 Å². The van der Waals surface area contributed by atoms with E-state index in [9.17, 15) is 4.79 Å². The zero-order valence-corrected chi connectivity index (χ0v) is 14.2. The van der Waals surface area contributed by atoms with E-state index in [0.717, 1.165) is 11.4 Å². The first-order chi connectivity index (χ1) is 11.2. The Morgan fingerprint density at radius 1 is 1.26 bits per heavy atom. The van der Waals surface area contributed by atoms with Crippen molar-refractivity contribution in [2.45, 2.75) is 38.1 Å². The van der Waals surface area contributed by atoms with Gasteiger partial charge in [0.2, 0.25) is 5.91 Å². The molecule has 0 spiro atoms. The average molecular weight is 320 g/mol. The number of nitrogens with one attached hydrogen (secondary N) is 1. The predicted octanol–water partition coefficient (Wildman–Crippen LogP) is 2.91. The van der Waals surface area contributed by atoms with E-state index in [2.05, 4.69) is 10.2 Å². The van der Waals surface area contributed by atoms with Crippen molar-refractivity contribution >= 4 is 11.6 Å². The quantitative estimate of drug-likeness (QED) is 0.748. The number of amides is 1. The Morgan fingerprint density at radius 2 is 2.04 bits per heavy atom. The molecule has 0 saturated heterocycles. The molecule has 1 aromatic rings. The maximum Gasteiger partial charge on any atom is 0.238 e. The number of carbonyl (C=O) groups is 1. The molecule has 0 unspecified atom stereocenters. The van der Waals surface area contributed by atoms with E-state index in [-0.39, 0.29) is 5.91 Å². The molecule has 5 heteroatoms. The standard InChI is InChI=1S/C18H28N2O3/c1-20(16-8-4-3-5-9-16)14-18(21)19-15-7-6-10-17(13-15)23-12-11-22-2/h6-7,10,13,16H,3-5,8-9,11-12,14H2,1-2H3,(H,19,21). The molecule has 0 radical (unpaired) electrons. The second-order valence-corrected chi connectivity index (χ2v) is 6.12. The van der Waals surface area contributed by atoms with E-state index >= 15 is 0 Å². The van der Waals surface area contributed by atoms with Crippen LogP contribution in [0.1, 0.15) is 32.1 Å². The first kappa shape index (κ1) is 17.8. The van der Waals surface area contributed by atoms with Gasteiger partial charge < -0.3 is 14.8 Å². The Balaban J connectivity index is 1.80. The summed E-state index contributed by atoms with van der Waals surface area (Å²) in [6.07, 6.45) is 6.28. The molecule has 2 rings (SSSR count). The molecule has 1 N–H and O–H groups in total. The van der Waals surface area contributed by atoms with E-state index in [0.29, 0.717) is 25.8 Å². The highest BCUT2D eigenvalue weighted by Gasteiger charge is 2.19. The van der Waals surface area contributed by atoms with Crippen LogP contribution in [0.5, 0.6) is 5.75 Å². The van der Waals surface area contributed by atoms with Crippen LogP contribution in [0.25, 0.3) is 0 Å². The molecular formula is C18H28N2O3. The highest BCUT2D eigenvalue weighted by atomic mass is 16.5. The van der Waals surface area contributed by atoms with Gasteiger partial charge in [-0.15, -0.1) is 0 Å². The molecular weight excluding hydrogens is 292 g/mol. The summed E-state index contributed by atoms with van der Waals surface area (Å²) in [6.45, 7) is 1.47. The molecule has 0 heterocycles. The van der Waals surface area contributed by atoms with Gasteiger partial charge in [-0.3, -0.25) is 9.69 Å². The Hall–Kier alpha value is -1.59. The van der Waals surface area contributed by atoms with E-state index in [1.807, 2.05) is 31.3 Å². The molecule has 0 aliphatic heterocycles. The molecule has 5 nitrogen and oxygen atoms in total. The van der Waals surface area contributed by atoms with Gasteiger partial charge in [0.25, 0.3) is 0 Å². The second-order valence-electron chi connectivity index (χ2n) is 6.12. The van der Waals surface area contributed by atoms with Gasteiger partial charge >= 0.3 is 0 Å². The lowest BCUT2D eigenvalue weighted by atomic mass is 9.94. The highest BCUT2D eigenvalue weighted by Crippen LogP contribution is 2.22. The number of hydrogen-bond donors (Lipinski definition) is 1. The number of hydrogen-bond acceptors (Lipinski definition) is 4. The van der Waals surface area contributed by atoms with Crippen molar-refractivity contribution < 1.29 is 14.3 Å². The summed E-state index contributed by atoms with van der Waals surface area (Å²) in [5.74, 6) is 0.757. The van der Waals surface area contributed by atoms with Crippen LogP contribution in [0.2, 0.25) is 0 Å². The molecule has 23 heavy (non-hydrogen) atoms. The summed E-state index contributed by atoms with van der Waals surface area (Å²) in [5.41, 5.74) is 0.766. The Morgan fingerprint density at radius 3 is 2.78 bits per heavy atom. The minimum Gasteiger partial charge on any atom is -0.491 e. The number of anilines is 1. The van der Waals surface area contributed by atoms with Crippen LogP contribution in [-0.4, -0.2) is 50.8 Å². The van der Waals surface area contributed by atoms with Crippen LogP contribution in [-0.2, 0) is 9.53 Å². The lowest BCUT2D eigenvalue weighted by Gasteiger charge is -2.30. The molecule has 1 aliphatic rings. The van der Waals surface area contributed by atoms with Crippen molar-refractivity contribution in [1.29, 1.82) is 0 Å². The SMILES string of the molecule is COCCOc1cccc(NC(=O)CN(C)C2CCCCC2)c1. The number of nitrogens with zero attached hydrogens (tertiary/aromatic N) is 1. The van der Waals surface area contributed by atoms with Gasteiger partial charge in [0, 0.05) is 24.9 Å². The molecule has 1 saturated carbocycles. The third-order valence-electron chi connectivity index (χ3n) is 4.27. The molecule has 128 valence electrons. The van der Waals surface area contributed by atoms with Gasteiger partial charge in [0.1, 0.15) is 12.4 Å². The number of likely N-dealkylation sites (N-methyl/N-ethyl adjacent to an activating group) is 1. The maximum absolute atomic E-state index is 12.2. The van der Waals surface area contributed by atoms with Crippen molar-refractivity contribution in [1.82, 2.24) is 4.90 Å². The van der Waals surface area contributed by atoms with Crippen LogP contribution in [0, 0.1) is 0 Å². The molecule has 1 aromatic carbocycles. The number of benzene rings is 1. The third kappa shape index (κ3) is 6.20. The molecule has 0 aromatic heterocycles. The summed E-state index contributed by atoms with van der Waals surface area (Å²) in [7, 11) is 3.68. The van der Waals surface area contributed by atoms with Crippen molar-refractivity contribution in [3.05, 3.63) is 24.3 Å². The van der Waals surface area contributed by atoms with E-state index in [4.69, 9.17) is 9.47 Å². The fourth-order valence-electron chi connectivity index (χ4n) is 2.98. The van der Waals surface area contributed by atoms with Crippen molar-refractivity contribution in [3.63, 3.8) is 0 Å². The number of ether oxygens (including phenoxy) is 2. The Labute approximate surface area is 139 Å². The van der Waals surface area contributed by atoms with Crippen molar-refractivity contribution in [3.8, 4) is 5.75 Å². The zero-order chi connectivity index (χ0) is 16.5. The monoisotopic (exact) mass is 320 g/mol. The number of rotatable bonds is 8. The minimum atomic E-state index is 0.0205. The molecule has 0 bridgehead atoms. The Kier molecular flexibility index (Phi) is 7.36. The summed E-state index contributed by atoms with van der Waals surface area (Å²) in [5, 5.41) is 2.95. The van der Waals surface area contributed by atoms with Crippen LogP contribution >= 0.6 is 0 Å². The second kappa shape index (κ2) is 9.53. The molecule has 1 amide bonds. The van der Waals surface area contributed by atoms with Crippen molar-refractivity contribution in [2.24, 2.45) is 0 Å². The molecule has 0 atom stereocenters. The Bertz CT molecular complexity index is 487.